The summed E-state index contributed by atoms with van der Waals surface area (Å²) in [6.45, 7) is 13.4. The molecule has 0 saturated heterocycles. The average molecular weight is 404 g/mol. The Morgan fingerprint density at radius 3 is 2.07 bits per heavy atom. The second-order valence-corrected chi connectivity index (χ2v) is 5.09. The minimum atomic E-state index is -1.08. The molecule has 0 aliphatic heterocycles. The molecule has 7 heteroatoms. The minimum Gasteiger partial charge on any atom is -0.478 e. The van der Waals surface area contributed by atoms with E-state index >= 15 is 0 Å². The van der Waals surface area contributed by atoms with E-state index in [4.69, 9.17) is 10.2 Å². The molecule has 0 radical (unpaired) electrons. The monoisotopic (exact) mass is 404 g/mol. The first-order valence-electron chi connectivity index (χ1n) is 8.58. The van der Waals surface area contributed by atoms with Gasteiger partial charge in [0, 0.05) is 11.6 Å². The Morgan fingerprint density at radius 2 is 1.69 bits per heavy atom. The highest BCUT2D eigenvalue weighted by atomic mass is 16.5. The maximum absolute atomic E-state index is 10.9. The number of hydrogen-bond acceptors (Lipinski definition) is 6. The summed E-state index contributed by atoms with van der Waals surface area (Å²) in [5.41, 5.74) is 1.27. The highest BCUT2D eigenvalue weighted by molar-refractivity contribution is 5.94. The molecule has 29 heavy (non-hydrogen) atoms. The summed E-state index contributed by atoms with van der Waals surface area (Å²) in [4.78, 5) is 31.4. The van der Waals surface area contributed by atoms with Crippen molar-refractivity contribution >= 4 is 24.0 Å². The van der Waals surface area contributed by atoms with Crippen molar-refractivity contribution in [2.24, 2.45) is 0 Å². The molecule has 0 heterocycles. The van der Waals surface area contributed by atoms with Crippen LogP contribution in [0.5, 0.6) is 0 Å². The normalized spacial score (nSPS) is 9.41. The molecule has 1 aromatic carbocycles. The van der Waals surface area contributed by atoms with Crippen molar-refractivity contribution in [2.75, 3.05) is 19.8 Å². The molecule has 0 aromatic heterocycles. The van der Waals surface area contributed by atoms with Gasteiger partial charge >= 0.3 is 17.9 Å². The van der Waals surface area contributed by atoms with Crippen molar-refractivity contribution in [2.45, 2.75) is 13.8 Å². The average Bonchev–Trinajstić information content (AvgIpc) is 2.73. The third kappa shape index (κ3) is 16.4. The first kappa shape index (κ1) is 27.8. The number of hydrogen-bond donors (Lipinski definition) is 2. The van der Waals surface area contributed by atoms with Crippen LogP contribution >= 0.6 is 0 Å². The summed E-state index contributed by atoms with van der Waals surface area (Å²) in [6.07, 6.45) is 4.07. The van der Waals surface area contributed by atoms with E-state index in [9.17, 15) is 14.4 Å². The van der Waals surface area contributed by atoms with Crippen LogP contribution in [0.1, 0.15) is 19.4 Å². The fourth-order valence-corrected chi connectivity index (χ4v) is 1.40. The number of carboxylic acid groups (broad SMARTS) is 1. The van der Waals surface area contributed by atoms with E-state index in [1.807, 2.05) is 36.4 Å². The third-order valence-electron chi connectivity index (χ3n) is 2.80. The van der Waals surface area contributed by atoms with Gasteiger partial charge in [-0.05, 0) is 25.5 Å². The van der Waals surface area contributed by atoms with E-state index < -0.39 is 17.9 Å². The molecule has 7 nitrogen and oxygen atoms in total. The second kappa shape index (κ2) is 17.9. The lowest BCUT2D eigenvalue weighted by Crippen LogP contribution is -2.06. The van der Waals surface area contributed by atoms with Crippen LogP contribution in [0.2, 0.25) is 0 Å². The number of rotatable bonds is 8. The maximum atomic E-state index is 10.9. The molecule has 0 atom stereocenters. The Hall–Kier alpha value is -3.45. The number of carboxylic acids is 1. The van der Waals surface area contributed by atoms with Gasteiger partial charge in [-0.3, -0.25) is 0 Å². The van der Waals surface area contributed by atoms with Gasteiger partial charge in [-0.2, -0.15) is 0 Å². The number of carbonyl (C=O) groups is 3. The molecule has 0 unspecified atom stereocenters. The largest absolute Gasteiger partial charge is 0.478 e. The van der Waals surface area contributed by atoms with Crippen molar-refractivity contribution < 1.29 is 34.1 Å². The predicted molar refractivity (Wildman–Crippen MR) is 112 cm³/mol. The van der Waals surface area contributed by atoms with Gasteiger partial charge in [-0.25, -0.2) is 14.4 Å². The van der Waals surface area contributed by atoms with Crippen molar-refractivity contribution in [3.63, 3.8) is 0 Å². The van der Waals surface area contributed by atoms with Gasteiger partial charge in [-0.1, -0.05) is 56.1 Å². The van der Waals surface area contributed by atoms with Crippen LogP contribution in [0.4, 0.5) is 0 Å². The quantitative estimate of drug-likeness (QED) is 0.389. The summed E-state index contributed by atoms with van der Waals surface area (Å²) < 4.78 is 8.94. The Labute approximate surface area is 171 Å². The molecule has 158 valence electrons. The van der Waals surface area contributed by atoms with Crippen molar-refractivity contribution in [1.82, 2.24) is 0 Å². The number of carbonyl (C=O) groups excluding carboxylic acids is 2. The summed E-state index contributed by atoms with van der Waals surface area (Å²) in [7, 11) is 0. The molecule has 0 aliphatic rings. The highest BCUT2D eigenvalue weighted by Crippen LogP contribution is 2.02. The highest BCUT2D eigenvalue weighted by Gasteiger charge is 2.07. The molecule has 0 bridgehead atoms. The van der Waals surface area contributed by atoms with Gasteiger partial charge < -0.3 is 19.7 Å². The number of aliphatic carboxylic acids is 1. The Kier molecular flexibility index (Phi) is 17.2. The molecule has 1 aromatic rings. The second-order valence-electron chi connectivity index (χ2n) is 5.09. The lowest BCUT2D eigenvalue weighted by molar-refractivity contribution is -0.139. The van der Waals surface area contributed by atoms with Crippen LogP contribution in [-0.4, -0.2) is 47.9 Å². The fourth-order valence-electron chi connectivity index (χ4n) is 1.40. The van der Waals surface area contributed by atoms with E-state index in [0.717, 1.165) is 6.08 Å². The van der Waals surface area contributed by atoms with Gasteiger partial charge in [0.1, 0.15) is 6.61 Å². The lowest BCUT2D eigenvalue weighted by Gasteiger charge is -2.00. The molecule has 0 amide bonds. The standard InChI is InChI=1S/C9H12O4.C8H8.C5H8O3/c1-4-13-9(12)7(3)5-6(2)8(10)11;1-2-8-6-4-3-5-7-8;1-2-5(7)8-4-3-6/h5H,3-4H2,1-2H3,(H,10,11);2-7H,1H2;2,6H,1,3-4H2. The molecule has 1 rings (SSSR count). The van der Waals surface area contributed by atoms with Gasteiger partial charge in [-0.15, -0.1) is 0 Å². The molecule has 0 saturated carbocycles. The first-order chi connectivity index (χ1) is 13.7. The van der Waals surface area contributed by atoms with E-state index in [1.165, 1.54) is 18.6 Å². The van der Waals surface area contributed by atoms with Crippen molar-refractivity contribution in [3.05, 3.63) is 78.9 Å². The Bertz CT molecular complexity index is 703. The van der Waals surface area contributed by atoms with Crippen LogP contribution in [0.15, 0.2) is 73.4 Å². The SMILES string of the molecule is C=C(C=C(C)C(=O)O)C(=O)OCC.C=CC(=O)OCCO.C=Cc1ccccc1. The minimum absolute atomic E-state index is 0.0433. The Morgan fingerprint density at radius 1 is 1.10 bits per heavy atom. The summed E-state index contributed by atoms with van der Waals surface area (Å²) in [5.74, 6) is -2.17. The smallest absolute Gasteiger partial charge is 0.337 e. The molecule has 0 spiro atoms. The number of aliphatic hydroxyl groups excluding tert-OH is 1. The first-order valence-corrected chi connectivity index (χ1v) is 8.58. The van der Waals surface area contributed by atoms with E-state index in [0.29, 0.717) is 0 Å². The molecular weight excluding hydrogens is 376 g/mol. The number of aliphatic hydroxyl groups is 1. The molecule has 0 aliphatic carbocycles. The van der Waals surface area contributed by atoms with Crippen LogP contribution < -0.4 is 0 Å². The zero-order valence-corrected chi connectivity index (χ0v) is 16.8. The predicted octanol–water partition coefficient (Wildman–Crippen LogP) is 3.17. The lowest BCUT2D eigenvalue weighted by atomic mass is 10.2. The Balaban J connectivity index is 0. The van der Waals surface area contributed by atoms with Crippen LogP contribution in [0.25, 0.3) is 6.08 Å². The van der Waals surface area contributed by atoms with Crippen LogP contribution in [0.3, 0.4) is 0 Å². The van der Waals surface area contributed by atoms with Crippen LogP contribution in [-0.2, 0) is 23.9 Å². The molecule has 0 fully saturated rings. The summed E-state index contributed by atoms with van der Waals surface area (Å²) >= 11 is 0. The zero-order chi connectivity index (χ0) is 22.7. The maximum Gasteiger partial charge on any atom is 0.337 e. The molecule has 2 N–H and O–H groups in total. The topological polar surface area (TPSA) is 110 Å². The third-order valence-corrected chi connectivity index (χ3v) is 2.80. The van der Waals surface area contributed by atoms with Crippen molar-refractivity contribution in [1.29, 1.82) is 0 Å². The van der Waals surface area contributed by atoms with Gasteiger partial charge in [0.15, 0.2) is 0 Å². The molecular formula is C22H28O7. The number of ether oxygens (including phenoxy) is 2. The van der Waals surface area contributed by atoms with Gasteiger partial charge in [0.05, 0.1) is 18.8 Å². The zero-order valence-electron chi connectivity index (χ0n) is 16.8. The van der Waals surface area contributed by atoms with E-state index in [-0.39, 0.29) is 31.0 Å². The van der Waals surface area contributed by atoms with E-state index in [1.54, 1.807) is 6.92 Å². The number of esters is 2. The summed E-state index contributed by atoms with van der Waals surface area (Å²) in [5, 5.41) is 16.6. The summed E-state index contributed by atoms with van der Waals surface area (Å²) in [6, 6.07) is 10.0. The fraction of sp³-hybridized carbons (Fsp3) is 0.227. The van der Waals surface area contributed by atoms with Gasteiger partial charge in [0.25, 0.3) is 0 Å². The van der Waals surface area contributed by atoms with Gasteiger partial charge in [0.2, 0.25) is 0 Å². The van der Waals surface area contributed by atoms with Crippen LogP contribution in [0, 0.1) is 0 Å². The van der Waals surface area contributed by atoms with Crippen molar-refractivity contribution in [3.8, 4) is 0 Å². The van der Waals surface area contributed by atoms with E-state index in [2.05, 4.69) is 29.2 Å². The number of benzene rings is 1.